The first-order valence-corrected chi connectivity index (χ1v) is 9.13. The molecule has 0 aliphatic heterocycles. The van der Waals surface area contributed by atoms with Gasteiger partial charge in [-0.15, -0.1) is 11.3 Å². The number of thiophene rings is 1. The number of carbonyl (C=O) groups is 2. The van der Waals surface area contributed by atoms with Gasteiger partial charge >= 0.3 is 5.97 Å². The number of halogens is 2. The quantitative estimate of drug-likeness (QED) is 0.407. The Kier molecular flexibility index (Phi) is 5.13. The summed E-state index contributed by atoms with van der Waals surface area (Å²) in [5.41, 5.74) is 1.55. The monoisotopic (exact) mass is 392 g/mol. The molecule has 0 N–H and O–H groups in total. The third-order valence-corrected chi connectivity index (χ3v) is 5.64. The first-order valence-electron chi connectivity index (χ1n) is 7.56. The lowest BCUT2D eigenvalue weighted by Crippen LogP contribution is -2.24. The van der Waals surface area contributed by atoms with E-state index in [1.165, 1.54) is 11.3 Å². The van der Waals surface area contributed by atoms with Gasteiger partial charge in [-0.1, -0.05) is 59.1 Å². The van der Waals surface area contributed by atoms with Crippen LogP contribution >= 0.6 is 34.5 Å². The number of Topliss-reactive ketones (excluding diaryl/α,β-unsaturated/α-hetero) is 1. The Labute approximate surface area is 159 Å². The van der Waals surface area contributed by atoms with E-state index in [9.17, 15) is 9.59 Å². The van der Waals surface area contributed by atoms with Crippen LogP contribution in [0.15, 0.2) is 42.5 Å². The van der Waals surface area contributed by atoms with Crippen LogP contribution in [0.5, 0.6) is 0 Å². The number of hydrogen-bond acceptors (Lipinski definition) is 4. The number of fused-ring (bicyclic) bond motifs is 1. The van der Waals surface area contributed by atoms with E-state index < -0.39 is 12.1 Å². The van der Waals surface area contributed by atoms with Crippen molar-refractivity contribution in [2.45, 2.75) is 20.0 Å². The third-order valence-electron chi connectivity index (χ3n) is 3.77. The molecule has 25 heavy (non-hydrogen) atoms. The summed E-state index contributed by atoms with van der Waals surface area (Å²) < 4.78 is 6.12. The maximum absolute atomic E-state index is 12.4. The van der Waals surface area contributed by atoms with Gasteiger partial charge in [0, 0.05) is 20.7 Å². The minimum absolute atomic E-state index is 0.256. The summed E-state index contributed by atoms with van der Waals surface area (Å²) in [5, 5.41) is 1.62. The van der Waals surface area contributed by atoms with Gasteiger partial charge < -0.3 is 4.74 Å². The smallest absolute Gasteiger partial charge is 0.350 e. The highest BCUT2D eigenvalue weighted by atomic mass is 35.5. The zero-order valence-electron chi connectivity index (χ0n) is 13.5. The minimum atomic E-state index is -0.903. The molecule has 0 saturated carbocycles. The van der Waals surface area contributed by atoms with E-state index in [-0.39, 0.29) is 10.7 Å². The van der Waals surface area contributed by atoms with Crippen LogP contribution in [0.3, 0.4) is 0 Å². The average Bonchev–Trinajstić information content (AvgIpc) is 2.91. The molecule has 0 unspecified atom stereocenters. The molecule has 0 saturated heterocycles. The van der Waals surface area contributed by atoms with Crippen molar-refractivity contribution in [3.63, 3.8) is 0 Å². The summed E-state index contributed by atoms with van der Waals surface area (Å²) in [4.78, 5) is 25.1. The lowest BCUT2D eigenvalue weighted by molar-refractivity contribution is 0.0324. The molecule has 0 bridgehead atoms. The van der Waals surface area contributed by atoms with Gasteiger partial charge in [-0.25, -0.2) is 4.79 Å². The molecule has 1 aromatic heterocycles. The van der Waals surface area contributed by atoms with Gasteiger partial charge in [-0.05, 0) is 26.0 Å². The van der Waals surface area contributed by atoms with Crippen molar-refractivity contribution in [1.29, 1.82) is 0 Å². The first-order chi connectivity index (χ1) is 11.9. The van der Waals surface area contributed by atoms with Gasteiger partial charge in [0.2, 0.25) is 5.78 Å². The zero-order chi connectivity index (χ0) is 18.1. The standard InChI is InChI=1S/C19H14Cl2O3S/c1-10-3-5-12(6-4-10)17(22)11(2)24-19(23)18-16(21)14-8-7-13(20)9-15(14)25-18/h3-9,11H,1-2H3/t11-/m1/s1. The molecular weight excluding hydrogens is 379 g/mol. The van der Waals surface area contributed by atoms with Crippen molar-refractivity contribution < 1.29 is 14.3 Å². The second-order valence-corrected chi connectivity index (χ2v) is 7.53. The fraction of sp³-hybridized carbons (Fsp3) is 0.158. The molecular formula is C19H14Cl2O3S. The van der Waals surface area contributed by atoms with Crippen LogP contribution in [-0.2, 0) is 4.74 Å². The summed E-state index contributed by atoms with van der Waals surface area (Å²) in [6, 6.07) is 12.3. The highest BCUT2D eigenvalue weighted by molar-refractivity contribution is 7.21. The van der Waals surface area contributed by atoms with E-state index in [4.69, 9.17) is 27.9 Å². The second kappa shape index (κ2) is 7.16. The highest BCUT2D eigenvalue weighted by Gasteiger charge is 2.24. The summed E-state index contributed by atoms with van der Waals surface area (Å²) in [5.74, 6) is -0.871. The van der Waals surface area contributed by atoms with Crippen LogP contribution in [0, 0.1) is 6.92 Å². The normalized spacial score (nSPS) is 12.2. The SMILES string of the molecule is Cc1ccc(C(=O)[C@@H](C)OC(=O)c2sc3cc(Cl)ccc3c2Cl)cc1. The zero-order valence-corrected chi connectivity index (χ0v) is 15.8. The van der Waals surface area contributed by atoms with Crippen LogP contribution in [-0.4, -0.2) is 17.9 Å². The number of ketones is 1. The van der Waals surface area contributed by atoms with Gasteiger partial charge in [0.15, 0.2) is 6.10 Å². The first kappa shape index (κ1) is 17.9. The Bertz CT molecular complexity index is 961. The molecule has 6 heteroatoms. The van der Waals surface area contributed by atoms with E-state index in [2.05, 4.69) is 0 Å². The van der Waals surface area contributed by atoms with Crippen LogP contribution in [0.25, 0.3) is 10.1 Å². The van der Waals surface area contributed by atoms with Crippen LogP contribution in [0.1, 0.15) is 32.5 Å². The van der Waals surface area contributed by atoms with E-state index in [1.807, 2.05) is 19.1 Å². The van der Waals surface area contributed by atoms with Crippen LogP contribution < -0.4 is 0 Å². The van der Waals surface area contributed by atoms with E-state index in [1.54, 1.807) is 37.3 Å². The molecule has 0 spiro atoms. The van der Waals surface area contributed by atoms with Gasteiger partial charge in [0.05, 0.1) is 5.02 Å². The third kappa shape index (κ3) is 3.71. The molecule has 3 aromatic rings. The van der Waals surface area contributed by atoms with E-state index in [0.717, 1.165) is 15.6 Å². The lowest BCUT2D eigenvalue weighted by Gasteiger charge is -2.12. The topological polar surface area (TPSA) is 43.4 Å². The van der Waals surface area contributed by atoms with Gasteiger partial charge in [-0.3, -0.25) is 4.79 Å². The number of benzene rings is 2. The average molecular weight is 393 g/mol. The number of carbonyl (C=O) groups excluding carboxylic acids is 2. The molecule has 1 heterocycles. The summed E-state index contributed by atoms with van der Waals surface area (Å²) in [6.07, 6.45) is -0.903. The molecule has 0 radical (unpaired) electrons. The molecule has 0 amide bonds. The molecule has 1 atom stereocenters. The van der Waals surface area contributed by atoms with Gasteiger partial charge in [-0.2, -0.15) is 0 Å². The van der Waals surface area contributed by atoms with Gasteiger partial charge in [0.1, 0.15) is 4.88 Å². The molecule has 0 fully saturated rings. The van der Waals surface area contributed by atoms with Crippen molar-refractivity contribution in [3.05, 3.63) is 68.5 Å². The molecule has 3 rings (SSSR count). The number of hydrogen-bond donors (Lipinski definition) is 0. The number of ether oxygens (including phenoxy) is 1. The predicted octanol–water partition coefficient (Wildman–Crippen LogP) is 5.94. The Morgan fingerprint density at radius 3 is 2.44 bits per heavy atom. The maximum atomic E-state index is 12.4. The molecule has 0 aliphatic carbocycles. The van der Waals surface area contributed by atoms with Crippen molar-refractivity contribution in [3.8, 4) is 0 Å². The Morgan fingerprint density at radius 2 is 1.76 bits per heavy atom. The molecule has 0 aliphatic rings. The summed E-state index contributed by atoms with van der Waals surface area (Å²) in [6.45, 7) is 3.49. The van der Waals surface area contributed by atoms with Crippen LogP contribution in [0.2, 0.25) is 10.0 Å². The van der Waals surface area contributed by atoms with E-state index in [0.29, 0.717) is 15.6 Å². The van der Waals surface area contributed by atoms with Crippen molar-refractivity contribution in [2.75, 3.05) is 0 Å². The Morgan fingerprint density at radius 1 is 1.08 bits per heavy atom. The Hall–Kier alpha value is -1.88. The van der Waals surface area contributed by atoms with Crippen molar-refractivity contribution >= 4 is 56.4 Å². The fourth-order valence-corrected chi connectivity index (χ4v) is 4.06. The Balaban J connectivity index is 1.80. The van der Waals surface area contributed by atoms with Crippen LogP contribution in [0.4, 0.5) is 0 Å². The molecule has 128 valence electrons. The summed E-state index contributed by atoms with van der Waals surface area (Å²) in [7, 11) is 0. The second-order valence-electron chi connectivity index (χ2n) is 5.66. The van der Waals surface area contributed by atoms with E-state index >= 15 is 0 Å². The lowest BCUT2D eigenvalue weighted by atomic mass is 10.1. The largest absolute Gasteiger partial charge is 0.450 e. The highest BCUT2D eigenvalue weighted by Crippen LogP contribution is 2.37. The fourth-order valence-electron chi connectivity index (χ4n) is 2.39. The van der Waals surface area contributed by atoms with Gasteiger partial charge in [0.25, 0.3) is 0 Å². The maximum Gasteiger partial charge on any atom is 0.350 e. The molecule has 2 aromatic carbocycles. The minimum Gasteiger partial charge on any atom is -0.450 e. The number of aryl methyl sites for hydroxylation is 1. The summed E-state index contributed by atoms with van der Waals surface area (Å²) >= 11 is 13.4. The number of esters is 1. The predicted molar refractivity (Wildman–Crippen MR) is 102 cm³/mol. The van der Waals surface area contributed by atoms with Crippen molar-refractivity contribution in [1.82, 2.24) is 0 Å². The number of rotatable bonds is 4. The van der Waals surface area contributed by atoms with Crippen molar-refractivity contribution in [2.24, 2.45) is 0 Å². The molecule has 3 nitrogen and oxygen atoms in total.